The van der Waals surface area contributed by atoms with Crippen LogP contribution in [-0.4, -0.2) is 34.1 Å². The van der Waals surface area contributed by atoms with E-state index in [0.29, 0.717) is 54.5 Å². The second-order valence-corrected chi connectivity index (χ2v) is 8.45. The van der Waals surface area contributed by atoms with Gasteiger partial charge in [0.25, 0.3) is 0 Å². The maximum Gasteiger partial charge on any atom is 0.305 e. The van der Waals surface area contributed by atoms with E-state index in [1.165, 1.54) is 0 Å². The van der Waals surface area contributed by atoms with Crippen molar-refractivity contribution in [3.8, 4) is 0 Å². The highest BCUT2D eigenvalue weighted by Gasteiger charge is 2.30. The first kappa shape index (κ1) is 24.2. The first-order valence-corrected chi connectivity index (χ1v) is 12.0. The summed E-state index contributed by atoms with van der Waals surface area (Å²) in [7, 11) is 0. The van der Waals surface area contributed by atoms with Crippen molar-refractivity contribution in [2.45, 2.75) is 39.0 Å². The van der Waals surface area contributed by atoms with Crippen LogP contribution < -0.4 is 0 Å². The average molecular weight is 469 g/mol. The molecule has 4 rings (SSSR count). The highest BCUT2D eigenvalue weighted by Crippen LogP contribution is 2.27. The second-order valence-electron chi connectivity index (χ2n) is 8.45. The minimum absolute atomic E-state index is 0.222. The number of fused-ring (bicyclic) bond motifs is 2. The average Bonchev–Trinajstić information content (AvgIpc) is 2.89. The fourth-order valence-electron chi connectivity index (χ4n) is 4.39. The fourth-order valence-corrected chi connectivity index (χ4v) is 4.39. The molecule has 0 fully saturated rings. The van der Waals surface area contributed by atoms with Crippen LogP contribution in [0.4, 0.5) is 0 Å². The van der Waals surface area contributed by atoms with E-state index in [4.69, 9.17) is 4.74 Å². The van der Waals surface area contributed by atoms with Crippen molar-refractivity contribution in [3.63, 3.8) is 0 Å². The van der Waals surface area contributed by atoms with Gasteiger partial charge in [-0.2, -0.15) is 0 Å². The number of carbonyl (C=O) groups excluding carboxylic acids is 3. The maximum absolute atomic E-state index is 13.8. The molecule has 0 bridgehead atoms. The minimum Gasteiger partial charge on any atom is -0.466 e. The number of benzene rings is 2. The van der Waals surface area contributed by atoms with Crippen LogP contribution in [-0.2, 0) is 9.53 Å². The predicted octanol–water partition coefficient (Wildman–Crippen LogP) is 5.98. The number of nitrogens with zero attached hydrogens (tertiary/aromatic N) is 2. The number of para-hydroxylation sites is 2. The maximum atomic E-state index is 13.8. The molecule has 0 radical (unpaired) electrons. The number of hydrogen-bond acceptors (Lipinski definition) is 6. The number of rotatable bonds is 11. The Morgan fingerprint density at radius 3 is 1.83 bits per heavy atom. The number of carbonyl (C=O) groups is 3. The van der Waals surface area contributed by atoms with Crippen LogP contribution in [0, 0.1) is 5.92 Å². The van der Waals surface area contributed by atoms with Gasteiger partial charge >= 0.3 is 5.97 Å². The van der Waals surface area contributed by atoms with Crippen LogP contribution in [0.25, 0.3) is 21.8 Å². The fraction of sp³-hybridized carbons (Fsp3) is 0.276. The summed E-state index contributed by atoms with van der Waals surface area (Å²) in [6.45, 7) is 2.14. The van der Waals surface area contributed by atoms with Crippen molar-refractivity contribution >= 4 is 39.3 Å². The molecular formula is C29H28N2O4. The summed E-state index contributed by atoms with van der Waals surface area (Å²) in [6, 6.07) is 18.4. The van der Waals surface area contributed by atoms with Gasteiger partial charge in [-0.1, -0.05) is 49.2 Å². The van der Waals surface area contributed by atoms with E-state index in [-0.39, 0.29) is 17.5 Å². The van der Waals surface area contributed by atoms with Crippen molar-refractivity contribution < 1.29 is 19.1 Å². The van der Waals surface area contributed by atoms with Gasteiger partial charge in [-0.05, 0) is 44.0 Å². The molecule has 178 valence electrons. The Hall–Kier alpha value is -3.93. The summed E-state index contributed by atoms with van der Waals surface area (Å²) in [4.78, 5) is 48.1. The first-order valence-electron chi connectivity index (χ1n) is 12.0. The van der Waals surface area contributed by atoms with Crippen LogP contribution in [0.2, 0.25) is 0 Å². The van der Waals surface area contributed by atoms with Crippen LogP contribution >= 0.6 is 0 Å². The zero-order valence-corrected chi connectivity index (χ0v) is 19.8. The summed E-state index contributed by atoms with van der Waals surface area (Å²) < 4.78 is 4.98. The van der Waals surface area contributed by atoms with E-state index in [9.17, 15) is 14.4 Å². The van der Waals surface area contributed by atoms with E-state index in [1.54, 1.807) is 31.5 Å². The number of pyridine rings is 2. The third kappa shape index (κ3) is 5.60. The SMILES string of the molecule is CCOC(=O)CCCCCC(C(=O)c1cccc2cccnc12)C(=O)c1cccc2cccnc12. The van der Waals surface area contributed by atoms with Gasteiger partial charge in [-0.3, -0.25) is 24.4 Å². The molecule has 0 atom stereocenters. The van der Waals surface area contributed by atoms with E-state index in [1.807, 2.05) is 48.5 Å². The summed E-state index contributed by atoms with van der Waals surface area (Å²) in [5.41, 5.74) is 2.08. The lowest BCUT2D eigenvalue weighted by Gasteiger charge is -2.17. The Kier molecular flexibility index (Phi) is 7.93. The molecule has 0 saturated heterocycles. The molecule has 0 N–H and O–H groups in total. The quantitative estimate of drug-likeness (QED) is 0.116. The lowest BCUT2D eigenvalue weighted by atomic mass is 9.84. The topological polar surface area (TPSA) is 86.2 Å². The van der Waals surface area contributed by atoms with Crippen LogP contribution in [0.15, 0.2) is 73.1 Å². The van der Waals surface area contributed by atoms with E-state index in [0.717, 1.165) is 17.2 Å². The number of hydrogen-bond donors (Lipinski definition) is 0. The van der Waals surface area contributed by atoms with Crippen molar-refractivity contribution in [2.75, 3.05) is 6.61 Å². The van der Waals surface area contributed by atoms with Crippen molar-refractivity contribution in [2.24, 2.45) is 5.92 Å². The molecule has 0 spiro atoms. The summed E-state index contributed by atoms with van der Waals surface area (Å²) in [5, 5.41) is 1.71. The van der Waals surface area contributed by atoms with Gasteiger partial charge in [0.05, 0.1) is 23.6 Å². The minimum atomic E-state index is -0.863. The Morgan fingerprint density at radius 2 is 1.29 bits per heavy atom. The zero-order valence-electron chi connectivity index (χ0n) is 19.8. The van der Waals surface area contributed by atoms with Gasteiger partial charge in [-0.25, -0.2) is 0 Å². The molecule has 35 heavy (non-hydrogen) atoms. The Morgan fingerprint density at radius 1 is 0.743 bits per heavy atom. The largest absolute Gasteiger partial charge is 0.466 e. The second kappa shape index (κ2) is 11.5. The Balaban J connectivity index is 1.62. The van der Waals surface area contributed by atoms with Gasteiger partial charge in [0, 0.05) is 40.7 Å². The molecule has 0 amide bonds. The summed E-state index contributed by atoms with van der Waals surface area (Å²) >= 11 is 0. The number of ether oxygens (including phenoxy) is 1. The molecular weight excluding hydrogens is 440 g/mol. The van der Waals surface area contributed by atoms with Crippen molar-refractivity contribution in [1.29, 1.82) is 0 Å². The molecule has 0 aliphatic heterocycles. The monoisotopic (exact) mass is 468 g/mol. The Labute approximate surface area is 204 Å². The van der Waals surface area contributed by atoms with E-state index >= 15 is 0 Å². The highest BCUT2D eigenvalue weighted by atomic mass is 16.5. The number of esters is 1. The molecule has 2 heterocycles. The third-order valence-electron chi connectivity index (χ3n) is 6.11. The molecule has 6 heteroatoms. The molecule has 6 nitrogen and oxygen atoms in total. The molecule has 0 aliphatic carbocycles. The lowest BCUT2D eigenvalue weighted by Crippen LogP contribution is -2.25. The van der Waals surface area contributed by atoms with Gasteiger partial charge in [0.2, 0.25) is 0 Å². The van der Waals surface area contributed by atoms with Crippen molar-refractivity contribution in [3.05, 3.63) is 84.2 Å². The first-order chi connectivity index (χ1) is 17.1. The molecule has 4 aromatic rings. The van der Waals surface area contributed by atoms with E-state index < -0.39 is 5.92 Å². The normalized spacial score (nSPS) is 11.1. The highest BCUT2D eigenvalue weighted by molar-refractivity contribution is 6.21. The van der Waals surface area contributed by atoms with Gasteiger partial charge in [-0.15, -0.1) is 0 Å². The summed E-state index contributed by atoms with van der Waals surface area (Å²) in [6.07, 6.45) is 6.03. The van der Waals surface area contributed by atoms with Crippen LogP contribution in [0.1, 0.15) is 59.7 Å². The predicted molar refractivity (Wildman–Crippen MR) is 135 cm³/mol. The number of Topliss-reactive ketones (excluding diaryl/α,β-unsaturated/α-hetero) is 2. The van der Waals surface area contributed by atoms with Crippen LogP contribution in [0.3, 0.4) is 0 Å². The van der Waals surface area contributed by atoms with Gasteiger partial charge in [0.15, 0.2) is 11.6 Å². The van der Waals surface area contributed by atoms with Gasteiger partial charge in [0.1, 0.15) is 0 Å². The van der Waals surface area contributed by atoms with Crippen molar-refractivity contribution in [1.82, 2.24) is 9.97 Å². The smallest absolute Gasteiger partial charge is 0.305 e. The molecule has 2 aromatic carbocycles. The summed E-state index contributed by atoms with van der Waals surface area (Å²) in [5.74, 6) is -1.56. The number of unbranched alkanes of at least 4 members (excludes halogenated alkanes) is 2. The van der Waals surface area contributed by atoms with Crippen LogP contribution in [0.5, 0.6) is 0 Å². The number of aromatic nitrogens is 2. The van der Waals surface area contributed by atoms with E-state index in [2.05, 4.69) is 9.97 Å². The lowest BCUT2D eigenvalue weighted by molar-refractivity contribution is -0.143. The third-order valence-corrected chi connectivity index (χ3v) is 6.11. The number of ketones is 2. The molecule has 0 unspecified atom stereocenters. The standard InChI is InChI=1S/C29H28N2O4/c1-2-35-25(32)17-5-3-4-14-24(28(33)22-15-6-10-20-12-8-18-30-26(20)22)29(34)23-16-7-11-21-13-9-19-31-27(21)23/h6-13,15-16,18-19,24H,2-5,14,17H2,1H3. The molecule has 0 aliphatic rings. The Bertz CT molecular complexity index is 1260. The van der Waals surface area contributed by atoms with Gasteiger partial charge < -0.3 is 4.74 Å². The zero-order chi connectivity index (χ0) is 24.6. The molecule has 0 saturated carbocycles. The molecule has 2 aromatic heterocycles.